The van der Waals surface area contributed by atoms with Crippen molar-refractivity contribution in [1.82, 2.24) is 16.0 Å². The number of aliphatic hydroxyl groups is 1. The third-order valence-corrected chi connectivity index (χ3v) is 4.05. The first kappa shape index (κ1) is 24.4. The smallest absolute Gasteiger partial charge is 0.407 e. The van der Waals surface area contributed by atoms with Gasteiger partial charge in [-0.2, -0.15) is 0 Å². The van der Waals surface area contributed by atoms with Gasteiger partial charge >= 0.3 is 6.09 Å². The number of hydrogen-bond donors (Lipinski definition) is 4. The molecule has 0 bridgehead atoms. The van der Waals surface area contributed by atoms with Crippen molar-refractivity contribution >= 4 is 17.9 Å². The van der Waals surface area contributed by atoms with E-state index in [0.717, 1.165) is 5.56 Å². The number of carbonyl (C=O) groups is 3. The van der Waals surface area contributed by atoms with Crippen molar-refractivity contribution in [3.8, 4) is 0 Å². The fourth-order valence-electron chi connectivity index (χ4n) is 2.65. The molecule has 0 aliphatic heterocycles. The first-order chi connectivity index (χ1) is 13.5. The third-order valence-electron chi connectivity index (χ3n) is 4.05. The van der Waals surface area contributed by atoms with E-state index in [1.54, 1.807) is 20.8 Å². The van der Waals surface area contributed by atoms with E-state index in [1.165, 1.54) is 0 Å². The highest BCUT2D eigenvalue weighted by atomic mass is 16.6. The van der Waals surface area contributed by atoms with Crippen LogP contribution in [0.4, 0.5) is 4.79 Å². The standard InChI is InChI=1S/C21H33N3O5/c1-6-10-16(24-20(28)29-21(3,4)5)18(26)19(27)22-13-17(25)23-14(2)15-11-8-7-9-12-15/h7-9,11-12,14,16,18,26H,6,10,13H2,1-5H3,(H,22,27)(H,23,25)(H,24,28)/t14-,16?,18?/m1/s1. The van der Waals surface area contributed by atoms with Gasteiger partial charge in [-0.3, -0.25) is 9.59 Å². The number of hydrogen-bond acceptors (Lipinski definition) is 5. The molecular formula is C21H33N3O5. The fraction of sp³-hybridized carbons (Fsp3) is 0.571. The van der Waals surface area contributed by atoms with E-state index in [1.807, 2.05) is 44.2 Å². The molecule has 4 N–H and O–H groups in total. The summed E-state index contributed by atoms with van der Waals surface area (Å²) in [7, 11) is 0. The molecule has 1 aromatic rings. The van der Waals surface area contributed by atoms with E-state index < -0.39 is 29.7 Å². The third kappa shape index (κ3) is 9.43. The Hall–Kier alpha value is -2.61. The first-order valence-electron chi connectivity index (χ1n) is 9.83. The van der Waals surface area contributed by atoms with E-state index in [-0.39, 0.29) is 18.5 Å². The summed E-state index contributed by atoms with van der Waals surface area (Å²) in [6, 6.07) is 8.39. The van der Waals surface area contributed by atoms with Gasteiger partial charge in [0.15, 0.2) is 6.10 Å². The number of benzene rings is 1. The van der Waals surface area contributed by atoms with E-state index in [4.69, 9.17) is 4.74 Å². The van der Waals surface area contributed by atoms with Gasteiger partial charge in [-0.25, -0.2) is 4.79 Å². The monoisotopic (exact) mass is 407 g/mol. The molecule has 2 unspecified atom stereocenters. The van der Waals surface area contributed by atoms with Crippen molar-refractivity contribution < 1.29 is 24.2 Å². The number of carbonyl (C=O) groups excluding carboxylic acids is 3. The molecule has 0 spiro atoms. The highest BCUT2D eigenvalue weighted by Gasteiger charge is 2.29. The molecule has 0 fully saturated rings. The lowest BCUT2D eigenvalue weighted by Gasteiger charge is -2.26. The van der Waals surface area contributed by atoms with Crippen molar-refractivity contribution in [2.24, 2.45) is 0 Å². The van der Waals surface area contributed by atoms with Gasteiger partial charge in [-0.05, 0) is 39.7 Å². The van der Waals surface area contributed by atoms with Crippen LogP contribution in [0, 0.1) is 0 Å². The van der Waals surface area contributed by atoms with Crippen LogP contribution in [-0.4, -0.2) is 47.3 Å². The second kappa shape index (κ2) is 11.4. The number of amides is 3. The molecule has 3 amide bonds. The maximum absolute atomic E-state index is 12.3. The van der Waals surface area contributed by atoms with Crippen molar-refractivity contribution in [2.75, 3.05) is 6.54 Å². The Bertz CT molecular complexity index is 673. The predicted molar refractivity (Wildman–Crippen MR) is 110 cm³/mol. The van der Waals surface area contributed by atoms with Crippen LogP contribution >= 0.6 is 0 Å². The van der Waals surface area contributed by atoms with Gasteiger partial charge in [-0.1, -0.05) is 43.7 Å². The zero-order valence-corrected chi connectivity index (χ0v) is 17.8. The summed E-state index contributed by atoms with van der Waals surface area (Å²) >= 11 is 0. The summed E-state index contributed by atoms with van der Waals surface area (Å²) in [4.78, 5) is 36.3. The molecule has 29 heavy (non-hydrogen) atoms. The summed E-state index contributed by atoms with van der Waals surface area (Å²) in [6.45, 7) is 8.59. The topological polar surface area (TPSA) is 117 Å². The first-order valence-corrected chi connectivity index (χ1v) is 9.83. The zero-order valence-electron chi connectivity index (χ0n) is 17.8. The average molecular weight is 408 g/mol. The molecule has 162 valence electrons. The molecule has 0 aliphatic rings. The van der Waals surface area contributed by atoms with Crippen LogP contribution in [0.15, 0.2) is 30.3 Å². The summed E-state index contributed by atoms with van der Waals surface area (Å²) in [5, 5.41) is 18.0. The van der Waals surface area contributed by atoms with Crippen LogP contribution < -0.4 is 16.0 Å². The van der Waals surface area contributed by atoms with E-state index in [0.29, 0.717) is 12.8 Å². The molecule has 1 aromatic carbocycles. The summed E-state index contributed by atoms with van der Waals surface area (Å²) < 4.78 is 5.17. The van der Waals surface area contributed by atoms with Crippen LogP contribution in [-0.2, 0) is 14.3 Å². The quantitative estimate of drug-likeness (QED) is 0.500. The average Bonchev–Trinajstić information content (AvgIpc) is 2.64. The lowest BCUT2D eigenvalue weighted by Crippen LogP contribution is -2.52. The Labute approximate surface area is 172 Å². The van der Waals surface area contributed by atoms with Crippen molar-refractivity contribution in [1.29, 1.82) is 0 Å². The minimum absolute atomic E-state index is 0.216. The van der Waals surface area contributed by atoms with Gasteiger partial charge < -0.3 is 25.8 Å². The SMILES string of the molecule is CCCC(NC(=O)OC(C)(C)C)C(O)C(=O)NCC(=O)N[C@H](C)c1ccccc1. The van der Waals surface area contributed by atoms with Gasteiger partial charge in [0.2, 0.25) is 5.91 Å². The van der Waals surface area contributed by atoms with Crippen LogP contribution in [0.25, 0.3) is 0 Å². The van der Waals surface area contributed by atoms with Gasteiger partial charge in [-0.15, -0.1) is 0 Å². The Morgan fingerprint density at radius 3 is 2.28 bits per heavy atom. The van der Waals surface area contributed by atoms with Crippen molar-refractivity contribution in [3.05, 3.63) is 35.9 Å². The maximum Gasteiger partial charge on any atom is 0.407 e. The summed E-state index contributed by atoms with van der Waals surface area (Å²) in [6.07, 6.45) is -1.19. The molecule has 1 rings (SSSR count). The van der Waals surface area contributed by atoms with Crippen molar-refractivity contribution in [3.63, 3.8) is 0 Å². The molecule has 0 heterocycles. The van der Waals surface area contributed by atoms with Crippen LogP contribution in [0.3, 0.4) is 0 Å². The van der Waals surface area contributed by atoms with Crippen LogP contribution in [0.5, 0.6) is 0 Å². The van der Waals surface area contributed by atoms with E-state index >= 15 is 0 Å². The molecule has 8 nitrogen and oxygen atoms in total. The van der Waals surface area contributed by atoms with Gasteiger partial charge in [0.05, 0.1) is 18.6 Å². The maximum atomic E-state index is 12.3. The molecule has 3 atom stereocenters. The van der Waals surface area contributed by atoms with Gasteiger partial charge in [0, 0.05) is 0 Å². The van der Waals surface area contributed by atoms with E-state index in [2.05, 4.69) is 16.0 Å². The predicted octanol–water partition coefficient (Wildman–Crippen LogP) is 2.03. The molecule has 0 radical (unpaired) electrons. The minimum Gasteiger partial charge on any atom is -0.444 e. The molecule has 0 saturated carbocycles. The molecular weight excluding hydrogens is 374 g/mol. The normalized spacial score (nSPS) is 14.3. The number of ether oxygens (including phenoxy) is 1. The summed E-state index contributed by atoms with van der Waals surface area (Å²) in [5.41, 5.74) is 0.249. The van der Waals surface area contributed by atoms with Gasteiger partial charge in [0.25, 0.3) is 5.91 Å². The second-order valence-electron chi connectivity index (χ2n) is 7.90. The Balaban J connectivity index is 2.54. The second-order valence-corrected chi connectivity index (χ2v) is 7.90. The zero-order chi connectivity index (χ0) is 22.0. The molecule has 0 aliphatic carbocycles. The summed E-state index contributed by atoms with van der Waals surface area (Å²) in [5.74, 6) is -1.11. The minimum atomic E-state index is -1.50. The number of aliphatic hydroxyl groups excluding tert-OH is 1. The van der Waals surface area contributed by atoms with Crippen LogP contribution in [0.2, 0.25) is 0 Å². The fourth-order valence-corrected chi connectivity index (χ4v) is 2.65. The Kier molecular flexibility index (Phi) is 9.61. The molecule has 0 saturated heterocycles. The van der Waals surface area contributed by atoms with E-state index in [9.17, 15) is 19.5 Å². The Morgan fingerprint density at radius 2 is 1.72 bits per heavy atom. The Morgan fingerprint density at radius 1 is 1.10 bits per heavy atom. The lowest BCUT2D eigenvalue weighted by atomic mass is 10.1. The van der Waals surface area contributed by atoms with Crippen LogP contribution in [0.1, 0.15) is 59.1 Å². The van der Waals surface area contributed by atoms with Crippen molar-refractivity contribution in [2.45, 2.75) is 71.2 Å². The number of alkyl carbamates (subject to hydrolysis) is 1. The number of nitrogens with one attached hydrogen (secondary N) is 3. The van der Waals surface area contributed by atoms with Gasteiger partial charge in [0.1, 0.15) is 5.60 Å². The lowest BCUT2D eigenvalue weighted by molar-refractivity contribution is -0.133. The largest absolute Gasteiger partial charge is 0.444 e. The highest BCUT2D eigenvalue weighted by Crippen LogP contribution is 2.11. The molecule has 8 heteroatoms. The molecule has 0 aromatic heterocycles. The highest BCUT2D eigenvalue weighted by molar-refractivity contribution is 5.87. The number of rotatable bonds is 9.